The number of aryl methyl sites for hydroxylation is 3. The lowest BCUT2D eigenvalue weighted by atomic mass is 10.1. The highest BCUT2D eigenvalue weighted by Crippen LogP contribution is 2.25. The van der Waals surface area contributed by atoms with E-state index in [0.29, 0.717) is 33.1 Å². The molecule has 3 aromatic rings. The van der Waals surface area contributed by atoms with Crippen molar-refractivity contribution in [2.24, 2.45) is 0 Å². The van der Waals surface area contributed by atoms with E-state index >= 15 is 0 Å². The number of rotatable bonds is 5. The zero-order chi connectivity index (χ0) is 20.4. The molecular formula is C20H20Cl2N4O2. The highest BCUT2D eigenvalue weighted by Gasteiger charge is 2.15. The number of pyridine rings is 1. The first-order chi connectivity index (χ1) is 13.2. The first kappa shape index (κ1) is 20.2. The summed E-state index contributed by atoms with van der Waals surface area (Å²) in [7, 11) is 0. The molecule has 28 heavy (non-hydrogen) atoms. The van der Waals surface area contributed by atoms with E-state index in [1.165, 1.54) is 10.9 Å². The third-order valence-corrected chi connectivity index (χ3v) is 4.70. The fraction of sp³-hybridized carbons (Fsp3) is 0.250. The molecule has 0 saturated heterocycles. The summed E-state index contributed by atoms with van der Waals surface area (Å²) in [6.07, 6.45) is 1.47. The number of benzene rings is 1. The van der Waals surface area contributed by atoms with Crippen LogP contribution in [-0.4, -0.2) is 27.3 Å². The normalized spacial score (nSPS) is 10.8. The SMILES string of the molecule is Cc1cc(C)c(C)c(OCC(=O)Nc2cc(C)nn2-c2ncc(Cl)cc2Cl)c1. The van der Waals surface area contributed by atoms with Crippen molar-refractivity contribution in [1.29, 1.82) is 0 Å². The minimum Gasteiger partial charge on any atom is -0.483 e. The van der Waals surface area contributed by atoms with E-state index in [2.05, 4.69) is 21.5 Å². The van der Waals surface area contributed by atoms with Gasteiger partial charge in [0.25, 0.3) is 5.91 Å². The van der Waals surface area contributed by atoms with Gasteiger partial charge in [-0.2, -0.15) is 9.78 Å². The zero-order valence-electron chi connectivity index (χ0n) is 16.0. The van der Waals surface area contributed by atoms with Crippen LogP contribution in [-0.2, 0) is 4.79 Å². The summed E-state index contributed by atoms with van der Waals surface area (Å²) in [6.45, 7) is 7.65. The average molecular weight is 419 g/mol. The van der Waals surface area contributed by atoms with Gasteiger partial charge < -0.3 is 10.1 Å². The number of hydrogen-bond donors (Lipinski definition) is 1. The van der Waals surface area contributed by atoms with E-state index in [-0.39, 0.29) is 12.5 Å². The molecule has 0 aliphatic heterocycles. The molecule has 8 heteroatoms. The first-order valence-electron chi connectivity index (χ1n) is 8.63. The number of nitrogens with one attached hydrogen (secondary N) is 1. The molecule has 6 nitrogen and oxygen atoms in total. The molecule has 0 unspecified atom stereocenters. The highest BCUT2D eigenvalue weighted by atomic mass is 35.5. The van der Waals surface area contributed by atoms with E-state index < -0.39 is 0 Å². The van der Waals surface area contributed by atoms with Crippen LogP contribution >= 0.6 is 23.2 Å². The maximum absolute atomic E-state index is 12.4. The van der Waals surface area contributed by atoms with Crippen LogP contribution in [0, 0.1) is 27.7 Å². The lowest BCUT2D eigenvalue weighted by Crippen LogP contribution is -2.22. The Hall–Kier alpha value is -2.57. The maximum atomic E-state index is 12.4. The zero-order valence-corrected chi connectivity index (χ0v) is 17.5. The van der Waals surface area contributed by atoms with Gasteiger partial charge in [-0.15, -0.1) is 0 Å². The number of amides is 1. The molecule has 0 aliphatic carbocycles. The Morgan fingerprint density at radius 2 is 1.89 bits per heavy atom. The van der Waals surface area contributed by atoms with Crippen molar-refractivity contribution in [2.45, 2.75) is 27.7 Å². The van der Waals surface area contributed by atoms with E-state index in [0.717, 1.165) is 16.7 Å². The van der Waals surface area contributed by atoms with Crippen LogP contribution in [0.1, 0.15) is 22.4 Å². The molecule has 0 spiro atoms. The molecule has 0 saturated carbocycles. The van der Waals surface area contributed by atoms with Gasteiger partial charge in [0.2, 0.25) is 0 Å². The van der Waals surface area contributed by atoms with Crippen LogP contribution in [0.5, 0.6) is 5.75 Å². The van der Waals surface area contributed by atoms with Gasteiger partial charge >= 0.3 is 0 Å². The summed E-state index contributed by atoms with van der Waals surface area (Å²) >= 11 is 12.1. The Balaban J connectivity index is 1.77. The van der Waals surface area contributed by atoms with Crippen LogP contribution in [0.3, 0.4) is 0 Å². The molecule has 2 aromatic heterocycles. The van der Waals surface area contributed by atoms with E-state index in [9.17, 15) is 4.79 Å². The minimum atomic E-state index is -0.315. The molecule has 1 N–H and O–H groups in total. The van der Waals surface area contributed by atoms with Gasteiger partial charge in [-0.25, -0.2) is 4.98 Å². The van der Waals surface area contributed by atoms with Crippen LogP contribution in [0.25, 0.3) is 5.82 Å². The van der Waals surface area contributed by atoms with Gasteiger partial charge in [0.15, 0.2) is 12.4 Å². The second-order valence-electron chi connectivity index (χ2n) is 6.58. The summed E-state index contributed by atoms with van der Waals surface area (Å²) in [6, 6.07) is 7.29. The van der Waals surface area contributed by atoms with Crippen molar-refractivity contribution in [3.8, 4) is 11.6 Å². The Morgan fingerprint density at radius 1 is 1.14 bits per heavy atom. The fourth-order valence-corrected chi connectivity index (χ4v) is 3.25. The lowest BCUT2D eigenvalue weighted by molar-refractivity contribution is -0.118. The smallest absolute Gasteiger partial charge is 0.263 e. The number of carbonyl (C=O) groups excluding carboxylic acids is 1. The standard InChI is InChI=1S/C20H20Cl2N4O2/c1-11-5-12(2)14(4)17(6-11)28-10-19(27)24-18-7-13(3)25-26(18)20-16(22)8-15(21)9-23-20/h5-9H,10H2,1-4H3,(H,24,27). The Kier molecular flexibility index (Phi) is 5.91. The van der Waals surface area contributed by atoms with Crippen molar-refractivity contribution < 1.29 is 9.53 Å². The third-order valence-electron chi connectivity index (χ3n) is 4.21. The number of aromatic nitrogens is 3. The molecule has 1 amide bonds. The Labute approximate surface area is 173 Å². The summed E-state index contributed by atoms with van der Waals surface area (Å²) < 4.78 is 7.19. The summed E-state index contributed by atoms with van der Waals surface area (Å²) in [5.74, 6) is 1.20. The van der Waals surface area contributed by atoms with Gasteiger partial charge in [0.05, 0.1) is 15.7 Å². The summed E-state index contributed by atoms with van der Waals surface area (Å²) in [5, 5.41) is 7.89. The van der Waals surface area contributed by atoms with Gasteiger partial charge in [-0.1, -0.05) is 29.3 Å². The molecule has 0 radical (unpaired) electrons. The molecule has 146 valence electrons. The predicted molar refractivity (Wildman–Crippen MR) is 111 cm³/mol. The van der Waals surface area contributed by atoms with E-state index in [1.54, 1.807) is 12.1 Å². The third kappa shape index (κ3) is 4.46. The molecule has 0 bridgehead atoms. The van der Waals surface area contributed by atoms with Gasteiger partial charge in [0, 0.05) is 12.3 Å². The number of anilines is 1. The Bertz CT molecular complexity index is 1050. The first-order valence-corrected chi connectivity index (χ1v) is 9.39. The average Bonchev–Trinajstić information content (AvgIpc) is 2.96. The summed E-state index contributed by atoms with van der Waals surface area (Å²) in [5.41, 5.74) is 3.91. The molecule has 0 aliphatic rings. The molecule has 3 rings (SSSR count). The molecule has 1 aromatic carbocycles. The summed E-state index contributed by atoms with van der Waals surface area (Å²) in [4.78, 5) is 16.7. The molecule has 0 atom stereocenters. The second-order valence-corrected chi connectivity index (χ2v) is 7.43. The number of carbonyl (C=O) groups is 1. The monoisotopic (exact) mass is 418 g/mol. The number of ether oxygens (including phenoxy) is 1. The quantitative estimate of drug-likeness (QED) is 0.644. The van der Waals surface area contributed by atoms with Gasteiger partial charge in [-0.05, 0) is 56.5 Å². The van der Waals surface area contributed by atoms with Gasteiger partial charge in [-0.3, -0.25) is 4.79 Å². The molecular weight excluding hydrogens is 399 g/mol. The van der Waals surface area contributed by atoms with Crippen molar-refractivity contribution in [2.75, 3.05) is 11.9 Å². The number of hydrogen-bond acceptors (Lipinski definition) is 4. The lowest BCUT2D eigenvalue weighted by Gasteiger charge is -2.13. The van der Waals surface area contributed by atoms with Crippen LogP contribution in [0.15, 0.2) is 30.5 Å². The molecule has 2 heterocycles. The Morgan fingerprint density at radius 3 is 2.61 bits per heavy atom. The van der Waals surface area contributed by atoms with Gasteiger partial charge in [0.1, 0.15) is 11.6 Å². The van der Waals surface area contributed by atoms with Crippen molar-refractivity contribution in [3.63, 3.8) is 0 Å². The number of nitrogens with zero attached hydrogens (tertiary/aromatic N) is 3. The minimum absolute atomic E-state index is 0.129. The molecule has 0 fully saturated rings. The van der Waals surface area contributed by atoms with Crippen molar-refractivity contribution in [1.82, 2.24) is 14.8 Å². The topological polar surface area (TPSA) is 69.0 Å². The number of halogens is 2. The predicted octanol–water partition coefficient (Wildman–Crippen LogP) is 4.83. The van der Waals surface area contributed by atoms with E-state index in [4.69, 9.17) is 27.9 Å². The fourth-order valence-electron chi connectivity index (χ4n) is 2.79. The maximum Gasteiger partial charge on any atom is 0.263 e. The highest BCUT2D eigenvalue weighted by molar-refractivity contribution is 6.35. The van der Waals surface area contributed by atoms with Crippen molar-refractivity contribution in [3.05, 3.63) is 62.9 Å². The van der Waals surface area contributed by atoms with E-state index in [1.807, 2.05) is 33.8 Å². The van der Waals surface area contributed by atoms with Crippen LogP contribution in [0.2, 0.25) is 10.0 Å². The van der Waals surface area contributed by atoms with Crippen LogP contribution < -0.4 is 10.1 Å². The largest absolute Gasteiger partial charge is 0.483 e. The second kappa shape index (κ2) is 8.20. The van der Waals surface area contributed by atoms with Crippen molar-refractivity contribution >= 4 is 34.9 Å². The van der Waals surface area contributed by atoms with Crippen LogP contribution in [0.4, 0.5) is 5.82 Å².